The third-order valence-corrected chi connectivity index (χ3v) is 2.67. The van der Waals surface area contributed by atoms with E-state index in [0.29, 0.717) is 5.75 Å². The van der Waals surface area contributed by atoms with Gasteiger partial charge in [-0.25, -0.2) is 0 Å². The van der Waals surface area contributed by atoms with E-state index < -0.39 is 6.04 Å². The number of thioether (sulfide) groups is 1. The molecule has 1 atom stereocenters. The molecule has 0 saturated carbocycles. The van der Waals surface area contributed by atoms with E-state index in [9.17, 15) is 4.79 Å². The maximum Gasteiger partial charge on any atom is 0.323 e. The van der Waals surface area contributed by atoms with Crippen LogP contribution < -0.4 is 5.73 Å². The molecule has 0 fully saturated rings. The van der Waals surface area contributed by atoms with Crippen molar-refractivity contribution in [3.63, 3.8) is 0 Å². The molecule has 0 heterocycles. The van der Waals surface area contributed by atoms with Crippen LogP contribution in [0.4, 0.5) is 0 Å². The summed E-state index contributed by atoms with van der Waals surface area (Å²) in [5.74, 6) is 1.30. The number of allylic oxidation sites excluding steroid dienone is 1. The van der Waals surface area contributed by atoms with Gasteiger partial charge in [-0.3, -0.25) is 4.79 Å². The van der Waals surface area contributed by atoms with Gasteiger partial charge < -0.3 is 10.5 Å². The smallest absolute Gasteiger partial charge is 0.323 e. The number of hydrogen-bond donors (Lipinski definition) is 1. The summed E-state index contributed by atoms with van der Waals surface area (Å²) in [5, 5.41) is 0. The molecule has 0 radical (unpaired) electrons. The standard InChI is InChI=1S/C9H17NO2S/c1-3-4-5-6-13-7-8(10)9(11)12-2/h3,8H,1,4-7,10H2,2H3. The third kappa shape index (κ3) is 6.66. The number of esters is 1. The largest absolute Gasteiger partial charge is 0.468 e. The molecule has 13 heavy (non-hydrogen) atoms. The van der Waals surface area contributed by atoms with Gasteiger partial charge in [0.2, 0.25) is 0 Å². The van der Waals surface area contributed by atoms with Gasteiger partial charge in [0.1, 0.15) is 6.04 Å². The van der Waals surface area contributed by atoms with Crippen molar-refractivity contribution in [2.75, 3.05) is 18.6 Å². The number of unbranched alkanes of at least 4 members (excludes halogenated alkanes) is 1. The quantitative estimate of drug-likeness (QED) is 0.383. The first kappa shape index (κ1) is 12.5. The van der Waals surface area contributed by atoms with E-state index in [1.165, 1.54) is 7.11 Å². The van der Waals surface area contributed by atoms with Crippen LogP contribution in [-0.4, -0.2) is 30.6 Å². The fourth-order valence-electron chi connectivity index (χ4n) is 0.759. The highest BCUT2D eigenvalue weighted by Crippen LogP contribution is 2.06. The minimum Gasteiger partial charge on any atom is -0.468 e. The lowest BCUT2D eigenvalue weighted by Gasteiger charge is -2.07. The fourth-order valence-corrected chi connectivity index (χ4v) is 1.69. The van der Waals surface area contributed by atoms with Gasteiger partial charge >= 0.3 is 5.97 Å². The molecule has 3 nitrogen and oxygen atoms in total. The van der Waals surface area contributed by atoms with Crippen LogP contribution in [0.3, 0.4) is 0 Å². The van der Waals surface area contributed by atoms with Crippen molar-refractivity contribution < 1.29 is 9.53 Å². The molecule has 0 saturated heterocycles. The number of methoxy groups -OCH3 is 1. The average Bonchev–Trinajstić information content (AvgIpc) is 2.16. The van der Waals surface area contributed by atoms with Gasteiger partial charge in [0, 0.05) is 5.75 Å². The lowest BCUT2D eigenvalue weighted by molar-refractivity contribution is -0.141. The van der Waals surface area contributed by atoms with Gasteiger partial charge in [0.15, 0.2) is 0 Å². The Labute approximate surface area is 83.7 Å². The van der Waals surface area contributed by atoms with E-state index in [-0.39, 0.29) is 5.97 Å². The molecule has 0 rings (SSSR count). The minimum absolute atomic E-state index is 0.337. The predicted octanol–water partition coefficient (Wildman–Crippen LogP) is 1.19. The molecule has 0 aromatic rings. The van der Waals surface area contributed by atoms with Gasteiger partial charge in [0.25, 0.3) is 0 Å². The predicted molar refractivity (Wildman–Crippen MR) is 56.7 cm³/mol. The van der Waals surface area contributed by atoms with Crippen LogP contribution in [-0.2, 0) is 9.53 Å². The lowest BCUT2D eigenvalue weighted by atomic mass is 10.3. The summed E-state index contributed by atoms with van der Waals surface area (Å²) in [5.41, 5.74) is 5.53. The monoisotopic (exact) mass is 203 g/mol. The Morgan fingerprint density at radius 3 is 3.00 bits per heavy atom. The van der Waals surface area contributed by atoms with E-state index in [2.05, 4.69) is 11.3 Å². The van der Waals surface area contributed by atoms with Crippen LogP contribution in [0.1, 0.15) is 12.8 Å². The number of rotatable bonds is 7. The van der Waals surface area contributed by atoms with Crippen molar-refractivity contribution >= 4 is 17.7 Å². The van der Waals surface area contributed by atoms with Gasteiger partial charge in [0.05, 0.1) is 7.11 Å². The molecule has 2 N–H and O–H groups in total. The maximum absolute atomic E-state index is 10.9. The highest BCUT2D eigenvalue weighted by molar-refractivity contribution is 7.99. The van der Waals surface area contributed by atoms with Crippen molar-refractivity contribution in [2.45, 2.75) is 18.9 Å². The summed E-state index contributed by atoms with van der Waals surface area (Å²) in [7, 11) is 1.35. The van der Waals surface area contributed by atoms with E-state index >= 15 is 0 Å². The van der Waals surface area contributed by atoms with Crippen molar-refractivity contribution in [1.29, 1.82) is 0 Å². The first-order valence-electron chi connectivity index (χ1n) is 4.24. The zero-order chi connectivity index (χ0) is 10.1. The number of carbonyl (C=O) groups is 1. The molecular weight excluding hydrogens is 186 g/mol. The highest BCUT2D eigenvalue weighted by Gasteiger charge is 2.12. The summed E-state index contributed by atoms with van der Waals surface area (Å²) in [6.07, 6.45) is 3.99. The average molecular weight is 203 g/mol. The van der Waals surface area contributed by atoms with Crippen molar-refractivity contribution in [3.8, 4) is 0 Å². The van der Waals surface area contributed by atoms with E-state index in [0.717, 1.165) is 18.6 Å². The van der Waals surface area contributed by atoms with Crippen LogP contribution in [0.5, 0.6) is 0 Å². The van der Waals surface area contributed by atoms with Crippen molar-refractivity contribution in [2.24, 2.45) is 5.73 Å². The molecule has 0 aliphatic rings. The van der Waals surface area contributed by atoms with Gasteiger partial charge in [-0.2, -0.15) is 11.8 Å². The minimum atomic E-state index is -0.487. The second-order valence-corrected chi connectivity index (χ2v) is 3.79. The first-order chi connectivity index (χ1) is 6.22. The molecule has 0 amide bonds. The van der Waals surface area contributed by atoms with E-state index in [1.54, 1.807) is 11.8 Å². The second-order valence-electron chi connectivity index (χ2n) is 2.64. The van der Waals surface area contributed by atoms with Gasteiger partial charge in [-0.1, -0.05) is 6.08 Å². The topological polar surface area (TPSA) is 52.3 Å². The Morgan fingerprint density at radius 1 is 1.77 bits per heavy atom. The van der Waals surface area contributed by atoms with Crippen molar-refractivity contribution in [1.82, 2.24) is 0 Å². The van der Waals surface area contributed by atoms with E-state index in [4.69, 9.17) is 5.73 Å². The SMILES string of the molecule is C=CCCCSCC(N)C(=O)OC. The highest BCUT2D eigenvalue weighted by atomic mass is 32.2. The lowest BCUT2D eigenvalue weighted by Crippen LogP contribution is -2.33. The molecule has 4 heteroatoms. The molecule has 76 valence electrons. The number of ether oxygens (including phenoxy) is 1. The molecule has 1 unspecified atom stereocenters. The van der Waals surface area contributed by atoms with Crippen LogP contribution in [0, 0.1) is 0 Å². The molecule has 0 aromatic heterocycles. The molecule has 0 spiro atoms. The molecule has 0 bridgehead atoms. The Morgan fingerprint density at radius 2 is 2.46 bits per heavy atom. The Hall–Kier alpha value is -0.480. The maximum atomic E-state index is 10.9. The first-order valence-corrected chi connectivity index (χ1v) is 5.40. The molecule has 0 aromatic carbocycles. The van der Waals surface area contributed by atoms with Crippen LogP contribution in [0.2, 0.25) is 0 Å². The van der Waals surface area contributed by atoms with Crippen LogP contribution in [0.25, 0.3) is 0 Å². The zero-order valence-electron chi connectivity index (χ0n) is 7.99. The Kier molecular flexibility index (Phi) is 7.83. The summed E-state index contributed by atoms with van der Waals surface area (Å²) >= 11 is 1.67. The zero-order valence-corrected chi connectivity index (χ0v) is 8.81. The summed E-state index contributed by atoms with van der Waals surface area (Å²) in [6.45, 7) is 3.63. The van der Waals surface area contributed by atoms with Gasteiger partial charge in [-0.05, 0) is 18.6 Å². The van der Waals surface area contributed by atoms with Gasteiger partial charge in [-0.15, -0.1) is 6.58 Å². The number of hydrogen-bond acceptors (Lipinski definition) is 4. The van der Waals surface area contributed by atoms with Crippen LogP contribution in [0.15, 0.2) is 12.7 Å². The normalized spacial score (nSPS) is 12.2. The summed E-state index contributed by atoms with van der Waals surface area (Å²) < 4.78 is 4.50. The van der Waals surface area contributed by atoms with Crippen LogP contribution >= 0.6 is 11.8 Å². The van der Waals surface area contributed by atoms with E-state index in [1.807, 2.05) is 6.08 Å². The Balaban J connectivity index is 3.31. The molecular formula is C9H17NO2S. The third-order valence-electron chi connectivity index (χ3n) is 1.50. The Bertz CT molecular complexity index is 162. The fraction of sp³-hybridized carbons (Fsp3) is 0.667. The summed E-state index contributed by atoms with van der Waals surface area (Å²) in [6, 6.07) is -0.487. The second kappa shape index (κ2) is 8.13. The number of nitrogens with two attached hydrogens (primary N) is 1. The number of carbonyl (C=O) groups excluding carboxylic acids is 1. The molecule has 0 aliphatic heterocycles. The van der Waals surface area contributed by atoms with Crippen molar-refractivity contribution in [3.05, 3.63) is 12.7 Å². The molecule has 0 aliphatic carbocycles. The summed E-state index contributed by atoms with van der Waals surface area (Å²) in [4.78, 5) is 10.9.